The summed E-state index contributed by atoms with van der Waals surface area (Å²) in [6.45, 7) is 86.4. The Morgan fingerprint density at radius 2 is 0.452 bits per heavy atom. The molecule has 0 aliphatic carbocycles. The van der Waals surface area contributed by atoms with Crippen LogP contribution in [0.15, 0.2) is 72.8 Å². The van der Waals surface area contributed by atoms with Crippen molar-refractivity contribution in [1.29, 1.82) is 0 Å². The minimum Gasteiger partial charge on any atom is -0.427 e. The van der Waals surface area contributed by atoms with Gasteiger partial charge >= 0.3 is 25.8 Å². The summed E-state index contributed by atoms with van der Waals surface area (Å²) in [6.07, 6.45) is 28.4. The molecule has 0 aromatic heterocycles. The molecule has 0 aliphatic heterocycles. The summed E-state index contributed by atoms with van der Waals surface area (Å²) in [5, 5.41) is 0. The van der Waals surface area contributed by atoms with Crippen LogP contribution in [0.5, 0.6) is 17.2 Å². The standard InChI is InChI=1S/C112H181O9P3/c1-37-40-43-46-49-52-55-58-61-110(62-59-56-53-50-47-44-41-38-2,111(63-60-57-54-51-48-45-42-39-3,82-73-85(101(10,11)12)94(70-79(82)7)119-122(113)114)83-74-86(102(13,14)15)95(71-80(83)8)120-123(115)116)112(84-75-87(103(16,17)18)96(72-81(84)9)121-124(117)118,99-92(108(31,32)33)68-78(6)69-93(99)109(34,35)36)100(97-88(104(19,20)21)64-76(4)65-89(97)105(22,23)24)98-90(106(25,26)27)66-77(5)67-91(98)107(28,29)30/h64-75,100,113-118H,37-63H2,1-36H3. The van der Waals surface area contributed by atoms with Crippen LogP contribution in [0.1, 0.15) is 504 Å². The Hall–Kier alpha value is -4.23. The van der Waals surface area contributed by atoms with Gasteiger partial charge in [-0.15, -0.1) is 0 Å². The largest absolute Gasteiger partial charge is 0.427 e. The van der Waals surface area contributed by atoms with Gasteiger partial charge in [0.25, 0.3) is 0 Å². The molecule has 0 amide bonds. The molecule has 1 atom stereocenters. The first-order valence-electron chi connectivity index (χ1n) is 48.6. The van der Waals surface area contributed by atoms with Crippen LogP contribution in [-0.4, -0.2) is 29.4 Å². The second kappa shape index (κ2) is 43.9. The van der Waals surface area contributed by atoms with Crippen molar-refractivity contribution in [2.45, 2.75) is 488 Å². The monoisotopic (exact) mass is 1760 g/mol. The Morgan fingerprint density at radius 3 is 0.685 bits per heavy atom. The molecule has 6 aromatic carbocycles. The zero-order valence-electron chi connectivity index (χ0n) is 85.8. The Bertz CT molecular complexity index is 4130. The molecule has 0 saturated carbocycles. The maximum absolute atomic E-state index is 11.8. The van der Waals surface area contributed by atoms with Gasteiger partial charge in [0.05, 0.1) is 0 Å². The van der Waals surface area contributed by atoms with Crippen molar-refractivity contribution in [2.75, 3.05) is 0 Å². The molecule has 0 fully saturated rings. The van der Waals surface area contributed by atoms with E-state index in [0.717, 1.165) is 123 Å². The predicted molar refractivity (Wildman–Crippen MR) is 539 cm³/mol. The SMILES string of the molecule is CCCCCCCCCCC(c1cc(C(C)(C)C)c(OP(O)O)cc1C)(c1cc(C(C)(C)C)c(OP(O)O)cc1C)C(CCCCCCCCCC)(CCCCCCCCCC)C(c1cc(C(C)(C)C)c(OP(O)O)cc1C)(c1c(C(C)(C)C)cc(C)cc1C(C)(C)C)C(c1c(C(C)(C)C)cc(C)cc1C(C)(C)C)c1c(C(C)(C)C)cc(C)cc1C(C)(C)C. The van der Waals surface area contributed by atoms with Crippen molar-refractivity contribution < 1.29 is 42.9 Å². The number of aryl methyl sites for hydroxylation is 6. The number of hydrogen-bond donors (Lipinski definition) is 6. The number of unbranched alkanes of at least 4 members (excludes halogenated alkanes) is 21. The van der Waals surface area contributed by atoms with Gasteiger partial charge in [-0.25, -0.2) is 0 Å². The quantitative estimate of drug-likeness (QED) is 0.0163. The van der Waals surface area contributed by atoms with E-state index in [9.17, 15) is 29.4 Å². The zero-order chi connectivity index (χ0) is 93.9. The molecule has 0 aliphatic rings. The average molecular weight is 1760 g/mol. The van der Waals surface area contributed by atoms with Crippen LogP contribution < -0.4 is 13.6 Å². The van der Waals surface area contributed by atoms with Gasteiger partial charge in [0, 0.05) is 33.4 Å². The lowest BCUT2D eigenvalue weighted by Crippen LogP contribution is -2.64. The molecule has 9 nitrogen and oxygen atoms in total. The number of hydrogen-bond acceptors (Lipinski definition) is 9. The topological polar surface area (TPSA) is 149 Å². The van der Waals surface area contributed by atoms with Crippen molar-refractivity contribution in [2.24, 2.45) is 5.41 Å². The van der Waals surface area contributed by atoms with E-state index in [1.807, 2.05) is 0 Å². The third-order valence-electron chi connectivity index (χ3n) is 27.4. The molecule has 0 radical (unpaired) electrons. The second-order valence-electron chi connectivity index (χ2n) is 47.5. The van der Waals surface area contributed by atoms with Gasteiger partial charge in [0.2, 0.25) is 0 Å². The molecule has 6 rings (SSSR count). The van der Waals surface area contributed by atoms with Gasteiger partial charge in [-0.2, -0.15) is 0 Å². The summed E-state index contributed by atoms with van der Waals surface area (Å²) in [4.78, 5) is 69.8. The Morgan fingerprint density at radius 1 is 0.242 bits per heavy atom. The zero-order valence-corrected chi connectivity index (χ0v) is 88.5. The van der Waals surface area contributed by atoms with E-state index in [0.29, 0.717) is 23.7 Å². The van der Waals surface area contributed by atoms with E-state index in [1.165, 1.54) is 161 Å². The Balaban J connectivity index is 2.62. The van der Waals surface area contributed by atoms with Crippen LogP contribution in [0.3, 0.4) is 0 Å². The predicted octanol–water partition coefficient (Wildman–Crippen LogP) is 33.7. The van der Waals surface area contributed by atoms with Crippen LogP contribution in [0.2, 0.25) is 0 Å². The fraction of sp³-hybridized carbons (Fsp3) is 0.679. The summed E-state index contributed by atoms with van der Waals surface area (Å²) in [5.41, 5.74) is 15.9. The first-order valence-corrected chi connectivity index (χ1v) is 52.1. The van der Waals surface area contributed by atoms with Crippen molar-refractivity contribution in [3.63, 3.8) is 0 Å². The van der Waals surface area contributed by atoms with E-state index >= 15 is 0 Å². The normalized spacial score (nSPS) is 14.0. The summed E-state index contributed by atoms with van der Waals surface area (Å²) in [7, 11) is -8.70. The first kappa shape index (κ1) is 109. The maximum atomic E-state index is 11.8. The molecular weight excluding hydrogens is 1580 g/mol. The van der Waals surface area contributed by atoms with E-state index in [-0.39, 0.29) is 0 Å². The van der Waals surface area contributed by atoms with E-state index in [4.69, 9.17) is 13.6 Å². The van der Waals surface area contributed by atoms with E-state index in [2.05, 4.69) is 322 Å². The van der Waals surface area contributed by atoms with E-state index in [1.54, 1.807) is 0 Å². The lowest BCUT2D eigenvalue weighted by atomic mass is 9.34. The van der Waals surface area contributed by atoms with Crippen LogP contribution in [-0.2, 0) is 59.6 Å². The van der Waals surface area contributed by atoms with Crippen LogP contribution in [0.4, 0.5) is 0 Å². The average Bonchev–Trinajstić information content (AvgIpc) is 0.650. The molecule has 124 heavy (non-hydrogen) atoms. The highest BCUT2D eigenvalue weighted by molar-refractivity contribution is 7.40. The van der Waals surface area contributed by atoms with Gasteiger partial charge in [0.1, 0.15) is 17.2 Å². The van der Waals surface area contributed by atoms with Crippen molar-refractivity contribution >= 4 is 25.8 Å². The highest BCUT2D eigenvalue weighted by atomic mass is 31.2. The summed E-state index contributed by atoms with van der Waals surface area (Å²) in [5.74, 6) is 0.742. The third kappa shape index (κ3) is 26.4. The van der Waals surface area contributed by atoms with Gasteiger partial charge in [0.15, 0.2) is 0 Å². The number of rotatable bonds is 42. The fourth-order valence-electron chi connectivity index (χ4n) is 21.6. The van der Waals surface area contributed by atoms with Crippen LogP contribution in [0, 0.1) is 47.0 Å². The number of benzene rings is 6. The maximum Gasteiger partial charge on any atom is 0.391 e. The van der Waals surface area contributed by atoms with Crippen LogP contribution in [0.25, 0.3) is 0 Å². The van der Waals surface area contributed by atoms with Crippen molar-refractivity contribution in [3.05, 3.63) is 190 Å². The summed E-state index contributed by atoms with van der Waals surface area (Å²) < 4.78 is 19.9. The van der Waals surface area contributed by atoms with Gasteiger partial charge in [-0.05, 0) is 217 Å². The molecule has 12 heteroatoms. The van der Waals surface area contributed by atoms with Gasteiger partial charge in [-0.1, -0.05) is 433 Å². The molecule has 0 heterocycles. The molecule has 0 saturated heterocycles. The second-order valence-corrected chi connectivity index (χ2v) is 49.5. The fourth-order valence-corrected chi connectivity index (χ4v) is 22.6. The van der Waals surface area contributed by atoms with E-state index < -0.39 is 96.7 Å². The lowest BCUT2D eigenvalue weighted by Gasteiger charge is -2.68. The van der Waals surface area contributed by atoms with Gasteiger partial charge < -0.3 is 42.9 Å². The summed E-state index contributed by atoms with van der Waals surface area (Å²) in [6, 6.07) is 30.1. The highest BCUT2D eigenvalue weighted by Crippen LogP contribution is 2.76. The summed E-state index contributed by atoms with van der Waals surface area (Å²) >= 11 is 0. The highest BCUT2D eigenvalue weighted by Gasteiger charge is 2.70. The molecular formula is C112H181O9P3. The van der Waals surface area contributed by atoms with Crippen molar-refractivity contribution in [3.8, 4) is 17.2 Å². The first-order chi connectivity index (χ1) is 57.1. The van der Waals surface area contributed by atoms with Crippen molar-refractivity contribution in [1.82, 2.24) is 0 Å². The molecule has 6 N–H and O–H groups in total. The lowest BCUT2D eigenvalue weighted by molar-refractivity contribution is 0.00575. The Labute approximate surface area is 764 Å². The molecule has 6 aromatic rings. The smallest absolute Gasteiger partial charge is 0.391 e. The minimum atomic E-state index is -2.92. The Kier molecular flexibility index (Phi) is 38.4. The molecule has 0 bridgehead atoms. The molecule has 1 unspecified atom stereocenters. The molecule has 698 valence electrons. The minimum absolute atomic E-state index is 0.452. The molecule has 0 spiro atoms. The van der Waals surface area contributed by atoms with Gasteiger partial charge in [-0.3, -0.25) is 0 Å². The van der Waals surface area contributed by atoms with Crippen LogP contribution >= 0.6 is 25.8 Å². The third-order valence-corrected chi connectivity index (χ3v) is 28.4.